The molecular weight excluding hydrogens is 338 g/mol. The van der Waals surface area contributed by atoms with Gasteiger partial charge in [0.25, 0.3) is 0 Å². The summed E-state index contributed by atoms with van der Waals surface area (Å²) in [7, 11) is 1.74. The predicted octanol–water partition coefficient (Wildman–Crippen LogP) is 3.19. The third-order valence-corrected chi connectivity index (χ3v) is 4.28. The summed E-state index contributed by atoms with van der Waals surface area (Å²) in [6, 6.07) is 9.64. The van der Waals surface area contributed by atoms with Crippen LogP contribution in [0.1, 0.15) is 17.4 Å². The number of nitrogens with zero attached hydrogens (tertiary/aromatic N) is 3. The zero-order valence-corrected chi connectivity index (χ0v) is 15.1. The summed E-state index contributed by atoms with van der Waals surface area (Å²) in [6.07, 6.45) is 1.89. The maximum absolute atomic E-state index is 12.3. The van der Waals surface area contributed by atoms with Crippen LogP contribution in [0.2, 0.25) is 0 Å². The molecule has 0 aliphatic carbocycles. The van der Waals surface area contributed by atoms with Gasteiger partial charge in [-0.2, -0.15) is 0 Å². The van der Waals surface area contributed by atoms with Crippen molar-refractivity contribution >= 4 is 46.0 Å². The smallest absolute Gasteiger partial charge is 0.357 e. The van der Waals surface area contributed by atoms with Crippen molar-refractivity contribution in [3.63, 3.8) is 0 Å². The highest BCUT2D eigenvalue weighted by atomic mass is 32.2. The Balaban J connectivity index is 2.22. The summed E-state index contributed by atoms with van der Waals surface area (Å²) in [5, 5.41) is 4.45. The Bertz CT molecular complexity index is 924. The average Bonchev–Trinajstić information content (AvgIpc) is 2.87. The SMILES string of the molecule is CCOC(=O)c1c(N)c2c(Nc3ccccc3)nc(SC)nc2n1C. The normalized spacial score (nSPS) is 10.8. The number of aryl methyl sites for hydroxylation is 1. The van der Waals surface area contributed by atoms with Gasteiger partial charge in [-0.25, -0.2) is 14.8 Å². The van der Waals surface area contributed by atoms with Gasteiger partial charge in [0.05, 0.1) is 17.7 Å². The summed E-state index contributed by atoms with van der Waals surface area (Å²) in [4.78, 5) is 21.3. The molecule has 25 heavy (non-hydrogen) atoms. The van der Waals surface area contributed by atoms with Crippen LogP contribution in [0.4, 0.5) is 17.2 Å². The van der Waals surface area contributed by atoms with E-state index in [4.69, 9.17) is 10.5 Å². The lowest BCUT2D eigenvalue weighted by molar-refractivity contribution is 0.0517. The number of carbonyl (C=O) groups is 1. The number of hydrogen-bond acceptors (Lipinski definition) is 7. The third kappa shape index (κ3) is 3.12. The standard InChI is InChI=1S/C17H19N5O2S/c1-4-24-16(23)13-12(18)11-14(19-10-8-6-5-7-9-10)20-17(25-3)21-15(11)22(13)2/h5-9H,4,18H2,1-3H3,(H,19,20,21). The van der Waals surface area contributed by atoms with E-state index in [1.54, 1.807) is 18.5 Å². The summed E-state index contributed by atoms with van der Waals surface area (Å²) in [6.45, 7) is 2.03. The van der Waals surface area contributed by atoms with E-state index in [0.29, 0.717) is 27.7 Å². The fraction of sp³-hybridized carbons (Fsp3) is 0.235. The number of fused-ring (bicyclic) bond motifs is 1. The van der Waals surface area contributed by atoms with Crippen LogP contribution in [0.3, 0.4) is 0 Å². The fourth-order valence-electron chi connectivity index (χ4n) is 2.61. The molecule has 0 aliphatic rings. The van der Waals surface area contributed by atoms with E-state index >= 15 is 0 Å². The Kier molecular flexibility index (Phi) is 4.80. The largest absolute Gasteiger partial charge is 0.461 e. The maximum Gasteiger partial charge on any atom is 0.357 e. The van der Waals surface area contributed by atoms with E-state index < -0.39 is 5.97 Å². The molecule has 0 unspecified atom stereocenters. The number of esters is 1. The molecular formula is C17H19N5O2S. The van der Waals surface area contributed by atoms with Crippen molar-refractivity contribution in [2.45, 2.75) is 12.1 Å². The van der Waals surface area contributed by atoms with E-state index in [1.165, 1.54) is 11.8 Å². The molecule has 3 aromatic rings. The van der Waals surface area contributed by atoms with E-state index in [1.807, 2.05) is 36.6 Å². The van der Waals surface area contributed by atoms with Crippen LogP contribution in [0.5, 0.6) is 0 Å². The van der Waals surface area contributed by atoms with Crippen LogP contribution in [-0.2, 0) is 11.8 Å². The molecule has 0 saturated carbocycles. The summed E-state index contributed by atoms with van der Waals surface area (Å²) in [5.74, 6) is 0.0843. The van der Waals surface area contributed by atoms with Gasteiger partial charge < -0.3 is 20.4 Å². The molecule has 7 nitrogen and oxygen atoms in total. The van der Waals surface area contributed by atoms with Gasteiger partial charge in [-0.15, -0.1) is 0 Å². The minimum Gasteiger partial charge on any atom is -0.461 e. The van der Waals surface area contributed by atoms with Gasteiger partial charge in [0.15, 0.2) is 10.9 Å². The molecule has 130 valence electrons. The first-order valence-corrected chi connectivity index (χ1v) is 8.98. The molecule has 1 aromatic carbocycles. The van der Waals surface area contributed by atoms with Crippen LogP contribution in [0.15, 0.2) is 35.5 Å². The topological polar surface area (TPSA) is 95.1 Å². The first-order chi connectivity index (χ1) is 12.1. The van der Waals surface area contributed by atoms with Crippen LogP contribution in [0, 0.1) is 0 Å². The minimum atomic E-state index is -0.475. The lowest BCUT2D eigenvalue weighted by atomic mass is 10.2. The number of nitrogen functional groups attached to an aromatic ring is 1. The molecule has 2 heterocycles. The number of benzene rings is 1. The van der Waals surface area contributed by atoms with Crippen LogP contribution >= 0.6 is 11.8 Å². The van der Waals surface area contributed by atoms with Gasteiger partial charge in [0.2, 0.25) is 0 Å². The van der Waals surface area contributed by atoms with Gasteiger partial charge in [-0.1, -0.05) is 30.0 Å². The van der Waals surface area contributed by atoms with Crippen LogP contribution < -0.4 is 11.1 Å². The number of aromatic nitrogens is 3. The number of para-hydroxylation sites is 1. The van der Waals surface area contributed by atoms with Crippen LogP contribution in [0.25, 0.3) is 11.0 Å². The molecule has 0 amide bonds. The molecule has 0 fully saturated rings. The van der Waals surface area contributed by atoms with Crippen molar-refractivity contribution in [3.8, 4) is 0 Å². The molecule has 3 N–H and O–H groups in total. The van der Waals surface area contributed by atoms with Crippen molar-refractivity contribution in [2.24, 2.45) is 7.05 Å². The molecule has 2 aromatic heterocycles. The number of thioether (sulfide) groups is 1. The van der Waals surface area contributed by atoms with Crippen molar-refractivity contribution in [1.82, 2.24) is 14.5 Å². The lowest BCUT2D eigenvalue weighted by Gasteiger charge is -2.09. The summed E-state index contributed by atoms with van der Waals surface area (Å²) in [5.41, 5.74) is 8.31. The number of hydrogen-bond donors (Lipinski definition) is 2. The Labute approximate surface area is 149 Å². The Morgan fingerprint density at radius 3 is 2.68 bits per heavy atom. The monoisotopic (exact) mass is 357 g/mol. The second-order valence-corrected chi connectivity index (χ2v) is 6.06. The first-order valence-electron chi connectivity index (χ1n) is 7.75. The highest BCUT2D eigenvalue weighted by Crippen LogP contribution is 2.34. The van der Waals surface area contributed by atoms with Gasteiger partial charge in [-0.3, -0.25) is 0 Å². The number of nitrogens with two attached hydrogens (primary N) is 1. The quantitative estimate of drug-likeness (QED) is 0.411. The Morgan fingerprint density at radius 1 is 1.32 bits per heavy atom. The highest BCUT2D eigenvalue weighted by molar-refractivity contribution is 7.98. The molecule has 0 atom stereocenters. The fourth-order valence-corrected chi connectivity index (χ4v) is 2.97. The zero-order valence-electron chi connectivity index (χ0n) is 14.2. The van der Waals surface area contributed by atoms with Gasteiger partial charge in [0, 0.05) is 12.7 Å². The highest BCUT2D eigenvalue weighted by Gasteiger charge is 2.24. The summed E-state index contributed by atoms with van der Waals surface area (Å²) < 4.78 is 6.77. The molecule has 0 aliphatic heterocycles. The Morgan fingerprint density at radius 2 is 2.04 bits per heavy atom. The second-order valence-electron chi connectivity index (χ2n) is 5.29. The molecule has 0 saturated heterocycles. The Hall–Kier alpha value is -2.74. The summed E-state index contributed by atoms with van der Waals surface area (Å²) >= 11 is 1.42. The zero-order chi connectivity index (χ0) is 18.0. The lowest BCUT2D eigenvalue weighted by Crippen LogP contribution is -2.12. The van der Waals surface area contributed by atoms with Crippen LogP contribution in [-0.4, -0.2) is 33.4 Å². The van der Waals surface area contributed by atoms with E-state index in [0.717, 1.165) is 5.69 Å². The van der Waals surface area contributed by atoms with Crippen molar-refractivity contribution in [1.29, 1.82) is 0 Å². The van der Waals surface area contributed by atoms with Crippen molar-refractivity contribution in [2.75, 3.05) is 23.9 Å². The van der Waals surface area contributed by atoms with Gasteiger partial charge in [0.1, 0.15) is 11.5 Å². The number of ether oxygens (including phenoxy) is 1. The first kappa shape index (κ1) is 17.1. The van der Waals surface area contributed by atoms with Crippen molar-refractivity contribution < 1.29 is 9.53 Å². The molecule has 3 rings (SSSR count). The predicted molar refractivity (Wildman–Crippen MR) is 100 cm³/mol. The van der Waals surface area contributed by atoms with Gasteiger partial charge >= 0.3 is 5.97 Å². The number of rotatable bonds is 5. The number of nitrogens with one attached hydrogen (secondary N) is 1. The number of carbonyl (C=O) groups excluding carboxylic acids is 1. The van der Waals surface area contributed by atoms with E-state index in [2.05, 4.69) is 15.3 Å². The van der Waals surface area contributed by atoms with Gasteiger partial charge in [-0.05, 0) is 25.3 Å². The molecule has 8 heteroatoms. The minimum absolute atomic E-state index is 0.274. The second kappa shape index (κ2) is 7.02. The van der Waals surface area contributed by atoms with E-state index in [9.17, 15) is 4.79 Å². The average molecular weight is 357 g/mol. The number of anilines is 3. The molecule has 0 bridgehead atoms. The van der Waals surface area contributed by atoms with E-state index in [-0.39, 0.29) is 12.3 Å². The third-order valence-electron chi connectivity index (χ3n) is 3.73. The molecule has 0 spiro atoms. The maximum atomic E-state index is 12.3. The molecule has 0 radical (unpaired) electrons. The van der Waals surface area contributed by atoms with Crippen molar-refractivity contribution in [3.05, 3.63) is 36.0 Å².